The molecule has 0 radical (unpaired) electrons. The average Bonchev–Trinajstić information content (AvgIpc) is 3.53. The van der Waals surface area contributed by atoms with E-state index >= 15 is 14.2 Å². The number of para-hydroxylation sites is 1. The lowest BCUT2D eigenvalue weighted by molar-refractivity contribution is -0.150. The summed E-state index contributed by atoms with van der Waals surface area (Å²) < 4.78 is 50.8. The minimum Gasteiger partial charge on any atom is -0.497 e. The normalized spacial score (nSPS) is 22.5. The van der Waals surface area contributed by atoms with Gasteiger partial charge in [0.1, 0.15) is 41.5 Å². The average molecular weight is 911 g/mol. The number of rotatable bonds is 17. The van der Waals surface area contributed by atoms with Gasteiger partial charge < -0.3 is 39.0 Å². The van der Waals surface area contributed by atoms with E-state index < -0.39 is 72.4 Å². The van der Waals surface area contributed by atoms with Crippen LogP contribution in [0.2, 0.25) is 0 Å². The molecule has 1 aromatic heterocycles. The van der Waals surface area contributed by atoms with Crippen molar-refractivity contribution >= 4 is 42.4 Å². The van der Waals surface area contributed by atoms with Gasteiger partial charge in [0, 0.05) is 35.4 Å². The first-order valence-corrected chi connectivity index (χ1v) is 23.7. The van der Waals surface area contributed by atoms with E-state index in [0.29, 0.717) is 28.1 Å². The maximum absolute atomic E-state index is 15.4. The van der Waals surface area contributed by atoms with Crippen molar-refractivity contribution in [3.8, 4) is 28.5 Å². The number of esters is 1. The number of hydrogen-bond acceptors (Lipinski definition) is 12. The third kappa shape index (κ3) is 10.5. The lowest BCUT2D eigenvalue weighted by Gasteiger charge is -2.36. The Labute approximate surface area is 380 Å². The van der Waals surface area contributed by atoms with Gasteiger partial charge in [-0.05, 0) is 75.6 Å². The second-order valence-corrected chi connectivity index (χ2v) is 20.0. The van der Waals surface area contributed by atoms with Crippen LogP contribution in [0.3, 0.4) is 0 Å². The summed E-state index contributed by atoms with van der Waals surface area (Å²) in [7, 11) is -2.95. The topological polar surface area (TPSA) is 181 Å². The molecule has 7 atom stereocenters. The quantitative estimate of drug-likeness (QED) is 0.0586. The number of amides is 3. The zero-order chi connectivity index (χ0) is 46.5. The molecule has 1 saturated heterocycles. The first-order chi connectivity index (χ1) is 31.1. The molecule has 4 aromatic rings. The number of nitrogens with one attached hydrogen (secondary N) is 2. The lowest BCUT2D eigenvalue weighted by Crippen LogP contribution is -2.58. The Morgan fingerprint density at radius 1 is 0.969 bits per heavy atom. The molecule has 7 rings (SSSR count). The van der Waals surface area contributed by atoms with E-state index in [2.05, 4.69) is 17.2 Å². The van der Waals surface area contributed by atoms with Crippen molar-refractivity contribution < 1.29 is 51.7 Å². The van der Waals surface area contributed by atoms with Gasteiger partial charge in [-0.2, -0.15) is 0 Å². The molecule has 346 valence electrons. The highest BCUT2D eigenvalue weighted by atomic mass is 31.2. The smallest absolute Gasteiger partial charge is 0.408 e. The van der Waals surface area contributed by atoms with Gasteiger partial charge in [0.05, 0.1) is 31.5 Å². The fraction of sp³-hybridized carbons (Fsp3) is 0.449. The second-order valence-electron chi connectivity index (χ2n) is 17.9. The zero-order valence-corrected chi connectivity index (χ0v) is 38.7. The first-order valence-electron chi connectivity index (χ1n) is 22.2. The molecule has 3 fully saturated rings. The Bertz CT molecular complexity index is 2420. The van der Waals surface area contributed by atoms with Crippen molar-refractivity contribution in [1.29, 1.82) is 0 Å². The first kappa shape index (κ1) is 47.1. The summed E-state index contributed by atoms with van der Waals surface area (Å²) >= 11 is 0. The van der Waals surface area contributed by atoms with Crippen LogP contribution in [-0.2, 0) is 32.9 Å². The number of carbonyl (C=O) groups is 4. The van der Waals surface area contributed by atoms with E-state index in [1.807, 2.05) is 69.3 Å². The van der Waals surface area contributed by atoms with Gasteiger partial charge in [0.2, 0.25) is 11.8 Å². The summed E-state index contributed by atoms with van der Waals surface area (Å²) in [5.74, 6) is -1.34. The van der Waals surface area contributed by atoms with Crippen molar-refractivity contribution in [1.82, 2.24) is 20.5 Å². The van der Waals surface area contributed by atoms with Gasteiger partial charge in [-0.15, -0.1) is 6.58 Å². The predicted molar refractivity (Wildman–Crippen MR) is 244 cm³/mol. The van der Waals surface area contributed by atoms with Crippen LogP contribution in [0.4, 0.5) is 4.79 Å². The highest BCUT2D eigenvalue weighted by molar-refractivity contribution is 7.56. The Morgan fingerprint density at radius 3 is 2.29 bits per heavy atom. The zero-order valence-electron chi connectivity index (χ0n) is 37.8. The molecule has 0 bridgehead atoms. The second kappa shape index (κ2) is 19.7. The van der Waals surface area contributed by atoms with Gasteiger partial charge >= 0.3 is 19.7 Å². The van der Waals surface area contributed by atoms with Crippen LogP contribution in [0.15, 0.2) is 97.6 Å². The van der Waals surface area contributed by atoms with Crippen LogP contribution in [0.5, 0.6) is 17.2 Å². The van der Waals surface area contributed by atoms with E-state index in [1.54, 1.807) is 56.5 Å². The van der Waals surface area contributed by atoms with E-state index in [9.17, 15) is 9.59 Å². The van der Waals surface area contributed by atoms with Crippen LogP contribution in [-0.4, -0.2) is 89.7 Å². The maximum atomic E-state index is 15.4. The molecule has 2 aliphatic carbocycles. The molecule has 1 aliphatic heterocycles. The van der Waals surface area contributed by atoms with Crippen LogP contribution < -0.4 is 24.6 Å². The number of alkyl carbamates (subject to hydrolysis) is 1. The van der Waals surface area contributed by atoms with Crippen LogP contribution in [0.1, 0.15) is 73.1 Å². The summed E-state index contributed by atoms with van der Waals surface area (Å²) in [5.41, 5.74) is 1.26. The Kier molecular flexibility index (Phi) is 14.2. The van der Waals surface area contributed by atoms with Gasteiger partial charge in [0.15, 0.2) is 11.4 Å². The lowest BCUT2D eigenvalue weighted by atomic mass is 9.85. The molecule has 3 aromatic carbocycles. The van der Waals surface area contributed by atoms with Crippen LogP contribution >= 0.6 is 7.60 Å². The van der Waals surface area contributed by atoms with E-state index in [1.165, 1.54) is 11.8 Å². The Morgan fingerprint density at radius 2 is 1.66 bits per heavy atom. The number of nitrogens with zero attached hydrogens (tertiary/aromatic N) is 2. The summed E-state index contributed by atoms with van der Waals surface area (Å²) in [6.45, 7) is 12.4. The van der Waals surface area contributed by atoms with Crippen LogP contribution in [0.25, 0.3) is 22.2 Å². The number of likely N-dealkylation sites (tertiary alicyclic amines) is 1. The molecule has 65 heavy (non-hydrogen) atoms. The molecule has 3 aliphatic rings. The SMILES string of the molecule is C=C[C@@H]1C[C@]1(NC(=O)[C@@H]1C[C@@H](Oc2cc(-c3ccccc3)nc3cc(OC)ccc23)CN1C(=O)[C@@H](NC(=O)OC1CCCC1)C(C)(C)C)P(=O)(Oc1ccccc1)OC(C)C(=O)OCC. The van der Waals surface area contributed by atoms with Gasteiger partial charge in [-0.3, -0.25) is 14.1 Å². The number of carbonyl (C=O) groups excluding carboxylic acids is 4. The minimum atomic E-state index is -4.52. The standard InChI is InChI=1S/C49H59N4O11P/c1-8-33-29-49(33,65(58,63-31(3)46(56)60-9-2)64-35-22-14-11-15-23-35)52-44(54)41-27-37(30-53(41)45(55)43(48(4,5)6)51-47(57)62-34-20-16-17-21-34)61-42-28-39(32-18-12-10-13-19-32)50-40-26-36(59-7)24-25-38(40)42/h8,10-15,18-19,22-26,28,31,33-34,37,41,43H,1,9,16-17,20-21,27,29-30H2,2-7H3,(H,51,57)(H,52,54)/t31?,33-,37-,41+,43-,49+,65?/m1/s1. The van der Waals surface area contributed by atoms with Gasteiger partial charge in [-0.1, -0.05) is 75.4 Å². The molecule has 3 amide bonds. The van der Waals surface area contributed by atoms with Crippen molar-refractivity contribution in [3.63, 3.8) is 0 Å². The van der Waals surface area contributed by atoms with Crippen molar-refractivity contribution in [3.05, 3.63) is 97.6 Å². The fourth-order valence-electron chi connectivity index (χ4n) is 8.54. The maximum Gasteiger partial charge on any atom is 0.408 e. The van der Waals surface area contributed by atoms with Crippen molar-refractivity contribution in [2.24, 2.45) is 11.3 Å². The molecule has 2 heterocycles. The highest BCUT2D eigenvalue weighted by Crippen LogP contribution is 2.72. The predicted octanol–water partition coefficient (Wildman–Crippen LogP) is 8.60. The minimum absolute atomic E-state index is 0.000361. The van der Waals surface area contributed by atoms with Crippen LogP contribution in [0, 0.1) is 11.3 Å². The largest absolute Gasteiger partial charge is 0.497 e. The third-order valence-electron chi connectivity index (χ3n) is 12.1. The fourth-order valence-corrected chi connectivity index (χ4v) is 11.0. The molecule has 2 saturated carbocycles. The van der Waals surface area contributed by atoms with E-state index in [-0.39, 0.29) is 37.8 Å². The molecular formula is C49H59N4O11P. The number of methoxy groups -OCH3 is 1. The Hall–Kier alpha value is -5.92. The molecule has 15 nitrogen and oxygen atoms in total. The monoisotopic (exact) mass is 910 g/mol. The molecule has 16 heteroatoms. The molecule has 0 spiro atoms. The van der Waals surface area contributed by atoms with E-state index in [0.717, 1.165) is 31.2 Å². The van der Waals surface area contributed by atoms with Crippen molar-refractivity contribution in [2.45, 2.75) is 109 Å². The van der Waals surface area contributed by atoms with E-state index in [4.69, 9.17) is 33.0 Å². The third-order valence-corrected chi connectivity index (χ3v) is 14.8. The number of fused-ring (bicyclic) bond motifs is 1. The summed E-state index contributed by atoms with van der Waals surface area (Å²) in [4.78, 5) is 62.8. The van der Waals surface area contributed by atoms with Gasteiger partial charge in [-0.25, -0.2) is 19.1 Å². The Balaban J connectivity index is 1.25. The molecule has 2 N–H and O–H groups in total. The summed E-state index contributed by atoms with van der Waals surface area (Å²) in [6.07, 6.45) is 1.95. The number of hydrogen-bond donors (Lipinski definition) is 2. The summed E-state index contributed by atoms with van der Waals surface area (Å²) in [5, 5.41) is 4.82. The summed E-state index contributed by atoms with van der Waals surface area (Å²) in [6, 6.07) is 22.9. The number of pyridine rings is 1. The highest BCUT2D eigenvalue weighted by Gasteiger charge is 2.70. The molecular weight excluding hydrogens is 852 g/mol. The van der Waals surface area contributed by atoms with Crippen molar-refractivity contribution in [2.75, 3.05) is 20.3 Å². The number of benzene rings is 3. The number of ether oxygens (including phenoxy) is 4. The molecule has 2 unspecified atom stereocenters. The number of aromatic nitrogens is 1. The van der Waals surface area contributed by atoms with Gasteiger partial charge in [0.25, 0.3) is 0 Å².